The van der Waals surface area contributed by atoms with Crippen molar-refractivity contribution in [3.05, 3.63) is 11.1 Å². The van der Waals surface area contributed by atoms with Crippen LogP contribution in [0.15, 0.2) is 10.5 Å². The van der Waals surface area contributed by atoms with Crippen molar-refractivity contribution in [2.45, 2.75) is 19.4 Å². The van der Waals surface area contributed by atoms with Gasteiger partial charge in [-0.05, 0) is 20.3 Å². The van der Waals surface area contributed by atoms with Gasteiger partial charge in [-0.2, -0.15) is 0 Å². The first-order chi connectivity index (χ1) is 12.1. The van der Waals surface area contributed by atoms with Crippen LogP contribution >= 0.6 is 19.2 Å². The molecule has 1 heterocycles. The van der Waals surface area contributed by atoms with E-state index in [1.165, 1.54) is 5.38 Å². The molecule has 0 saturated heterocycles. The summed E-state index contributed by atoms with van der Waals surface area (Å²) in [6, 6.07) is 0. The van der Waals surface area contributed by atoms with Crippen LogP contribution in [-0.2, 0) is 23.4 Å². The fraction of sp³-hybridized carbons (Fsp3) is 0.400. The van der Waals surface area contributed by atoms with Crippen LogP contribution < -0.4 is 11.1 Å². The molecule has 152 valence electrons. The van der Waals surface area contributed by atoms with Gasteiger partial charge in [0.2, 0.25) is 5.60 Å². The van der Waals surface area contributed by atoms with E-state index in [-0.39, 0.29) is 10.8 Å². The second-order valence-electron chi connectivity index (χ2n) is 5.58. The van der Waals surface area contributed by atoms with Crippen LogP contribution in [0.4, 0.5) is 5.13 Å². The van der Waals surface area contributed by atoms with Crippen molar-refractivity contribution in [1.82, 2.24) is 10.3 Å². The van der Waals surface area contributed by atoms with Crippen molar-refractivity contribution in [3.63, 3.8) is 0 Å². The van der Waals surface area contributed by atoms with Gasteiger partial charge in [0.05, 0.1) is 0 Å². The molecule has 14 nitrogen and oxygen atoms in total. The molecule has 1 aromatic heterocycles. The number of oxime groups is 1. The number of hydrogen-bond acceptors (Lipinski definition) is 11. The van der Waals surface area contributed by atoms with E-state index in [4.69, 9.17) is 25.5 Å². The summed E-state index contributed by atoms with van der Waals surface area (Å²) in [6.07, 6.45) is -1.12. The molecule has 0 radical (unpaired) electrons. The Morgan fingerprint density at radius 2 is 2.04 bits per heavy atom. The molecule has 0 aromatic carbocycles. The maximum atomic E-state index is 12.2. The van der Waals surface area contributed by atoms with Gasteiger partial charge in [0.15, 0.2) is 10.8 Å². The van der Waals surface area contributed by atoms with Gasteiger partial charge in [-0.25, -0.2) is 14.3 Å². The van der Waals surface area contributed by atoms with Crippen molar-refractivity contribution >= 4 is 48.6 Å². The van der Waals surface area contributed by atoms with E-state index in [0.717, 1.165) is 25.2 Å². The molecule has 0 bridgehead atoms. The van der Waals surface area contributed by atoms with E-state index in [1.54, 1.807) is 0 Å². The molecule has 8 N–H and O–H groups in total. The number of carbonyl (C=O) groups is 2. The smallest absolute Gasteiger partial charge is 0.430 e. The van der Waals surface area contributed by atoms with Gasteiger partial charge in [0, 0.05) is 5.38 Å². The summed E-state index contributed by atoms with van der Waals surface area (Å²) in [4.78, 5) is 49.1. The third-order valence-corrected chi connectivity index (χ3v) is 3.98. The molecule has 1 aromatic rings. The number of carboxylic acids is 1. The number of phosphoric acid groups is 1. The SMILES string of the molecule is CC(C)(O/N=C(\C(=O)NC[B-](O)(O)OP(=O)(O)O)c1csc(N)n1)C(=O)O. The summed E-state index contributed by atoms with van der Waals surface area (Å²) in [5, 5.41) is 34.5. The number of nitrogens with one attached hydrogen (secondary N) is 1. The first-order valence-electron chi connectivity index (χ1n) is 6.99. The highest BCUT2D eigenvalue weighted by Crippen LogP contribution is 2.38. The van der Waals surface area contributed by atoms with Gasteiger partial charge in [-0.15, -0.1) is 11.3 Å². The molecular formula is C10H17BN4O10PS-. The largest absolute Gasteiger partial charge is 0.558 e. The van der Waals surface area contributed by atoms with E-state index in [2.05, 4.69) is 14.6 Å². The topological polar surface area (TPSA) is 234 Å². The van der Waals surface area contributed by atoms with Crippen LogP contribution in [0.5, 0.6) is 0 Å². The van der Waals surface area contributed by atoms with Gasteiger partial charge in [-0.1, -0.05) is 5.16 Å². The van der Waals surface area contributed by atoms with Crippen LogP contribution in [-0.4, -0.2) is 66.3 Å². The van der Waals surface area contributed by atoms with Crippen LogP contribution in [0.1, 0.15) is 19.5 Å². The average molecular weight is 427 g/mol. The number of carboxylic acid groups (broad SMARTS) is 1. The van der Waals surface area contributed by atoms with Crippen molar-refractivity contribution in [3.8, 4) is 0 Å². The second kappa shape index (κ2) is 8.31. The summed E-state index contributed by atoms with van der Waals surface area (Å²) >= 11 is 0.933. The summed E-state index contributed by atoms with van der Waals surface area (Å²) in [7, 11) is -5.24. The van der Waals surface area contributed by atoms with Crippen LogP contribution in [0.25, 0.3) is 0 Å². The van der Waals surface area contributed by atoms with Gasteiger partial charge in [0.25, 0.3) is 5.91 Å². The zero-order valence-corrected chi connectivity index (χ0v) is 15.7. The molecule has 0 spiro atoms. The molecule has 0 fully saturated rings. The Bertz CT molecular complexity index is 791. The minimum absolute atomic E-state index is 0.0516. The molecule has 0 unspecified atom stereocenters. The van der Waals surface area contributed by atoms with Crippen molar-refractivity contribution in [2.75, 3.05) is 12.2 Å². The van der Waals surface area contributed by atoms with Gasteiger partial charge in [-0.3, -0.25) is 4.79 Å². The van der Waals surface area contributed by atoms with Crippen LogP contribution in [0, 0.1) is 0 Å². The Morgan fingerprint density at radius 1 is 1.44 bits per heavy atom. The lowest BCUT2D eigenvalue weighted by Gasteiger charge is -2.29. The molecule has 17 heteroatoms. The number of rotatable bonds is 9. The van der Waals surface area contributed by atoms with E-state index in [9.17, 15) is 24.2 Å². The normalized spacial score (nSPS) is 13.3. The molecular weight excluding hydrogens is 410 g/mol. The number of amides is 1. The Kier molecular flexibility index (Phi) is 7.07. The minimum Gasteiger partial charge on any atom is -0.558 e. The third-order valence-electron chi connectivity index (χ3n) is 2.69. The summed E-state index contributed by atoms with van der Waals surface area (Å²) in [6.45, 7) is -1.78. The molecule has 0 saturated carbocycles. The first-order valence-corrected chi connectivity index (χ1v) is 9.40. The number of hydrogen-bond donors (Lipinski definition) is 7. The highest BCUT2D eigenvalue weighted by molar-refractivity contribution is 7.48. The standard InChI is InChI=1S/C10H17BN4O10PS/c1-10(2,8(17)18)24-15-6(5-3-27-9(12)14-5)7(16)13-4-11(19,20)25-26(21,22)23/h3,19-20H,4H2,1-2H3,(H2,12,14)(H,13,16)(H,17,18)(H2,21,22,23)/q-1/b15-6-. The summed E-state index contributed by atoms with van der Waals surface area (Å²) in [5.74, 6) is -2.52. The molecule has 1 amide bonds. The summed E-state index contributed by atoms with van der Waals surface area (Å²) < 4.78 is 14.4. The first kappa shape index (κ1) is 23.0. The average Bonchev–Trinajstić information content (AvgIpc) is 2.89. The number of nitrogens with two attached hydrogens (primary N) is 1. The number of carbonyl (C=O) groups excluding carboxylic acids is 1. The highest BCUT2D eigenvalue weighted by atomic mass is 32.1. The molecule has 0 aliphatic rings. The van der Waals surface area contributed by atoms with Crippen LogP contribution in [0.2, 0.25) is 0 Å². The molecule has 0 aliphatic carbocycles. The predicted octanol–water partition coefficient (Wildman–Crippen LogP) is -2.00. The van der Waals surface area contributed by atoms with E-state index >= 15 is 0 Å². The number of nitrogen functional groups attached to an aromatic ring is 1. The monoisotopic (exact) mass is 427 g/mol. The van der Waals surface area contributed by atoms with E-state index in [0.29, 0.717) is 0 Å². The molecule has 0 atom stereocenters. The number of nitrogens with zero attached hydrogens (tertiary/aromatic N) is 2. The Balaban J connectivity index is 3.01. The molecule has 1 rings (SSSR count). The second-order valence-corrected chi connectivity index (χ2v) is 7.66. The van der Waals surface area contributed by atoms with Gasteiger partial charge < -0.3 is 45.3 Å². The zero-order chi connectivity index (χ0) is 21.0. The van der Waals surface area contributed by atoms with E-state index < -0.39 is 44.2 Å². The fourth-order valence-electron chi connectivity index (χ4n) is 1.37. The highest BCUT2D eigenvalue weighted by Gasteiger charge is 2.33. The van der Waals surface area contributed by atoms with Crippen molar-refractivity contribution in [2.24, 2.45) is 5.16 Å². The Labute approximate surface area is 155 Å². The predicted molar refractivity (Wildman–Crippen MR) is 92.2 cm³/mol. The van der Waals surface area contributed by atoms with Crippen molar-refractivity contribution in [1.29, 1.82) is 0 Å². The third kappa shape index (κ3) is 7.60. The van der Waals surface area contributed by atoms with Gasteiger partial charge in [0.1, 0.15) is 5.69 Å². The Morgan fingerprint density at radius 3 is 2.48 bits per heavy atom. The van der Waals surface area contributed by atoms with E-state index in [1.807, 2.05) is 5.32 Å². The molecule has 27 heavy (non-hydrogen) atoms. The van der Waals surface area contributed by atoms with Crippen LogP contribution in [0.3, 0.4) is 0 Å². The maximum absolute atomic E-state index is 12.2. The fourth-order valence-corrected chi connectivity index (χ4v) is 2.43. The van der Waals surface area contributed by atoms with Crippen molar-refractivity contribution < 1.29 is 48.4 Å². The number of thiazole rings is 1. The van der Waals surface area contributed by atoms with Gasteiger partial charge >= 0.3 is 20.5 Å². The number of anilines is 1. The summed E-state index contributed by atoms with van der Waals surface area (Å²) in [5.41, 5.74) is 2.97. The molecule has 0 aliphatic heterocycles. The lowest BCUT2D eigenvalue weighted by atomic mass is 9.81. The lowest BCUT2D eigenvalue weighted by molar-refractivity contribution is -0.161. The maximum Gasteiger partial charge on any atom is 0.430 e. The lowest BCUT2D eigenvalue weighted by Crippen LogP contribution is -2.51. The number of aromatic nitrogens is 1. The quantitative estimate of drug-likeness (QED) is 0.0981. The number of aliphatic carboxylic acids is 1. The Hall–Kier alpha value is -2.07. The zero-order valence-electron chi connectivity index (χ0n) is 14.0. The minimum atomic E-state index is -5.24.